The third-order valence-electron chi connectivity index (χ3n) is 3.68. The normalized spacial score (nSPS) is 12.5. The first-order valence-electron chi connectivity index (χ1n) is 7.40. The minimum absolute atomic E-state index is 0.304. The van der Waals surface area contributed by atoms with Gasteiger partial charge in [-0.25, -0.2) is 4.39 Å². The Hall–Kier alpha value is -1.54. The van der Waals surface area contributed by atoms with Gasteiger partial charge in [0.15, 0.2) is 12.5 Å². The summed E-state index contributed by atoms with van der Waals surface area (Å²) in [5, 5.41) is 4.52. The number of hydrogen-bond acceptors (Lipinski definition) is 3. The molecule has 1 N–H and O–H groups in total. The highest BCUT2D eigenvalue weighted by atomic mass is 35.5. The molecule has 1 aromatic carbocycles. The van der Waals surface area contributed by atoms with Crippen molar-refractivity contribution in [2.75, 3.05) is 7.05 Å². The smallest absolute Gasteiger partial charge is 0.202 e. The highest BCUT2D eigenvalue weighted by Gasteiger charge is 2.16. The fourth-order valence-electron chi connectivity index (χ4n) is 2.52. The molecule has 0 saturated heterocycles. The second kappa shape index (κ2) is 7.14. The van der Waals surface area contributed by atoms with E-state index in [-0.39, 0.29) is 5.82 Å². The first-order valence-corrected chi connectivity index (χ1v) is 9.00. The molecule has 0 radical (unpaired) electrons. The van der Waals surface area contributed by atoms with Crippen LogP contribution < -0.4 is 4.90 Å². The predicted octanol–water partition coefficient (Wildman–Crippen LogP) is 3.14. The number of hydrogen-bond donors (Lipinski definition) is 1. The number of aromatic nitrogens is 3. The van der Waals surface area contributed by atoms with E-state index in [0.29, 0.717) is 22.8 Å². The maximum absolute atomic E-state index is 14.0. The molecule has 3 rings (SSSR count). The van der Waals surface area contributed by atoms with Crippen LogP contribution in [-0.4, -0.2) is 21.4 Å². The molecule has 126 valence electrons. The van der Waals surface area contributed by atoms with E-state index in [1.807, 2.05) is 19.2 Å². The lowest BCUT2D eigenvalue weighted by molar-refractivity contribution is -0.917. The van der Waals surface area contributed by atoms with E-state index in [9.17, 15) is 4.39 Å². The standard InChI is InChI=1S/C16H16ClFN4S2/c1-20(9-11-7-8-14(17)24-11)10-22-16(23)21(2)15(19-22)12-5-3-4-6-13(12)18/h3-8H,9-10H2,1-2H3/p+1. The fraction of sp³-hybridized carbons (Fsp3) is 0.250. The van der Waals surface area contributed by atoms with Crippen LogP contribution in [0.2, 0.25) is 4.34 Å². The van der Waals surface area contributed by atoms with Gasteiger partial charge in [-0.3, -0.25) is 0 Å². The average Bonchev–Trinajstić information content (AvgIpc) is 3.06. The van der Waals surface area contributed by atoms with Crippen LogP contribution in [0.25, 0.3) is 11.4 Å². The molecule has 0 aliphatic heterocycles. The molecule has 0 saturated carbocycles. The van der Waals surface area contributed by atoms with E-state index in [2.05, 4.69) is 12.1 Å². The molecule has 0 bridgehead atoms. The molecule has 2 aromatic heterocycles. The van der Waals surface area contributed by atoms with Gasteiger partial charge in [-0.1, -0.05) is 23.7 Å². The summed E-state index contributed by atoms with van der Waals surface area (Å²) >= 11 is 13.0. The molecule has 0 aliphatic rings. The molecule has 0 aliphatic carbocycles. The summed E-state index contributed by atoms with van der Waals surface area (Å²) in [5.41, 5.74) is 0.451. The van der Waals surface area contributed by atoms with Crippen molar-refractivity contribution >= 4 is 35.2 Å². The maximum Gasteiger partial charge on any atom is 0.202 e. The third kappa shape index (κ3) is 3.59. The summed E-state index contributed by atoms with van der Waals surface area (Å²) in [6.07, 6.45) is 0. The Morgan fingerprint density at radius 1 is 1.29 bits per heavy atom. The average molecular weight is 384 g/mol. The summed E-state index contributed by atoms with van der Waals surface area (Å²) in [7, 11) is 3.87. The number of rotatable bonds is 5. The zero-order valence-corrected chi connectivity index (χ0v) is 15.7. The van der Waals surface area contributed by atoms with E-state index in [1.165, 1.54) is 15.8 Å². The third-order valence-corrected chi connectivity index (χ3v) is 5.40. The van der Waals surface area contributed by atoms with Crippen LogP contribution in [0.3, 0.4) is 0 Å². The lowest BCUT2D eigenvalue weighted by Gasteiger charge is -2.12. The van der Waals surface area contributed by atoms with Crippen molar-refractivity contribution in [2.45, 2.75) is 13.2 Å². The zero-order valence-electron chi connectivity index (χ0n) is 13.3. The van der Waals surface area contributed by atoms with Crippen molar-refractivity contribution in [3.63, 3.8) is 0 Å². The summed E-state index contributed by atoms with van der Waals surface area (Å²) in [6.45, 7) is 1.42. The minimum Gasteiger partial charge on any atom is -0.314 e. The summed E-state index contributed by atoms with van der Waals surface area (Å²) < 4.78 is 18.9. The maximum atomic E-state index is 14.0. The molecular weight excluding hydrogens is 367 g/mol. The first kappa shape index (κ1) is 17.3. The molecule has 1 atom stereocenters. The van der Waals surface area contributed by atoms with Crippen LogP contribution in [-0.2, 0) is 20.3 Å². The minimum atomic E-state index is -0.304. The Balaban J connectivity index is 1.83. The Kier molecular flexibility index (Phi) is 5.15. The molecule has 8 heteroatoms. The number of quaternary nitrogens is 1. The van der Waals surface area contributed by atoms with Gasteiger partial charge in [-0.05, 0) is 36.5 Å². The van der Waals surface area contributed by atoms with Gasteiger partial charge in [0, 0.05) is 7.05 Å². The van der Waals surface area contributed by atoms with Crippen molar-refractivity contribution in [1.29, 1.82) is 0 Å². The number of nitrogens with zero attached hydrogens (tertiary/aromatic N) is 3. The molecule has 0 spiro atoms. The Morgan fingerprint density at radius 3 is 2.71 bits per heavy atom. The van der Waals surface area contributed by atoms with Crippen LogP contribution in [0.15, 0.2) is 36.4 Å². The number of benzene rings is 1. The van der Waals surface area contributed by atoms with Gasteiger partial charge in [-0.15, -0.1) is 16.4 Å². The molecular formula is C16H17ClFN4S2+. The summed E-state index contributed by atoms with van der Waals surface area (Å²) in [6, 6.07) is 10.5. The van der Waals surface area contributed by atoms with Crippen molar-refractivity contribution in [1.82, 2.24) is 14.3 Å². The second-order valence-corrected chi connectivity index (χ2v) is 7.81. The van der Waals surface area contributed by atoms with Crippen LogP contribution >= 0.6 is 35.2 Å². The van der Waals surface area contributed by atoms with Crippen LogP contribution in [0.4, 0.5) is 4.39 Å². The van der Waals surface area contributed by atoms with Gasteiger partial charge in [0.05, 0.1) is 21.8 Å². The highest BCUT2D eigenvalue weighted by molar-refractivity contribution is 7.71. The van der Waals surface area contributed by atoms with E-state index in [1.54, 1.807) is 38.8 Å². The van der Waals surface area contributed by atoms with E-state index in [4.69, 9.17) is 23.8 Å². The lowest BCUT2D eigenvalue weighted by Crippen LogP contribution is -3.06. The van der Waals surface area contributed by atoms with Crippen LogP contribution in [0, 0.1) is 10.6 Å². The number of halogens is 2. The molecule has 2 heterocycles. The topological polar surface area (TPSA) is 27.2 Å². The van der Waals surface area contributed by atoms with Gasteiger partial charge in [0.1, 0.15) is 12.4 Å². The highest BCUT2D eigenvalue weighted by Crippen LogP contribution is 2.21. The molecule has 3 aromatic rings. The van der Waals surface area contributed by atoms with E-state index >= 15 is 0 Å². The second-order valence-electron chi connectivity index (χ2n) is 5.64. The van der Waals surface area contributed by atoms with Crippen molar-refractivity contribution in [3.8, 4) is 11.4 Å². The predicted molar refractivity (Wildman–Crippen MR) is 97.3 cm³/mol. The van der Waals surface area contributed by atoms with Gasteiger partial charge < -0.3 is 9.47 Å². The van der Waals surface area contributed by atoms with Crippen molar-refractivity contribution < 1.29 is 9.29 Å². The summed E-state index contributed by atoms with van der Waals surface area (Å²) in [5.74, 6) is 0.228. The van der Waals surface area contributed by atoms with Crippen LogP contribution in [0.5, 0.6) is 0 Å². The Labute approximate surface area is 153 Å². The van der Waals surface area contributed by atoms with Gasteiger partial charge in [0.2, 0.25) is 4.77 Å². The van der Waals surface area contributed by atoms with Crippen molar-refractivity contribution in [2.24, 2.45) is 7.05 Å². The largest absolute Gasteiger partial charge is 0.314 e. The summed E-state index contributed by atoms with van der Waals surface area (Å²) in [4.78, 5) is 2.41. The monoisotopic (exact) mass is 383 g/mol. The van der Waals surface area contributed by atoms with E-state index < -0.39 is 0 Å². The van der Waals surface area contributed by atoms with Crippen molar-refractivity contribution in [3.05, 3.63) is 56.2 Å². The Bertz CT molecular complexity index is 915. The molecule has 0 fully saturated rings. The SMILES string of the molecule is Cn1c(-c2ccccc2F)nn(C[NH+](C)Cc2ccc(Cl)s2)c1=S. The van der Waals surface area contributed by atoms with Gasteiger partial charge >= 0.3 is 0 Å². The fourth-order valence-corrected chi connectivity index (χ4v) is 3.92. The molecule has 4 nitrogen and oxygen atoms in total. The zero-order chi connectivity index (χ0) is 17.3. The quantitative estimate of drug-likeness (QED) is 0.685. The number of thiophene rings is 1. The molecule has 1 unspecified atom stereocenters. The van der Waals surface area contributed by atoms with Gasteiger partial charge in [-0.2, -0.15) is 4.68 Å². The Morgan fingerprint density at radius 2 is 2.04 bits per heavy atom. The first-order chi connectivity index (χ1) is 11.5. The van der Waals surface area contributed by atoms with Gasteiger partial charge in [0.25, 0.3) is 0 Å². The number of nitrogens with one attached hydrogen (secondary N) is 1. The lowest BCUT2D eigenvalue weighted by atomic mass is 10.2. The molecule has 0 amide bonds. The molecule has 24 heavy (non-hydrogen) atoms. The van der Waals surface area contributed by atoms with Crippen LogP contribution in [0.1, 0.15) is 4.88 Å². The van der Waals surface area contributed by atoms with E-state index in [0.717, 1.165) is 10.9 Å².